The van der Waals surface area contributed by atoms with Crippen molar-refractivity contribution < 1.29 is 24.2 Å². The number of hydrogen-bond donors (Lipinski definition) is 1. The van der Waals surface area contributed by atoms with Gasteiger partial charge in [-0.2, -0.15) is 0 Å². The number of carbonyl (C=O) groups is 3. The molecule has 3 fully saturated rings. The van der Waals surface area contributed by atoms with Gasteiger partial charge >= 0.3 is 5.97 Å². The topological polar surface area (TPSA) is 80.7 Å². The predicted octanol–water partition coefficient (Wildman–Crippen LogP) is 3.38. The highest BCUT2D eigenvalue weighted by atomic mass is 16.5. The quantitative estimate of drug-likeness (QED) is 0.750. The van der Waals surface area contributed by atoms with Crippen LogP contribution in [0, 0.1) is 28.6 Å². The Kier molecular flexibility index (Phi) is 4.61. The average Bonchev–Trinajstić information content (AvgIpc) is 2.92. The molecule has 0 spiro atoms. The maximum atomic E-state index is 12.8. The Balaban J connectivity index is 1.62. The average molecular weight is 389 g/mol. The molecule has 154 valence electrons. The van der Waals surface area contributed by atoms with Crippen LogP contribution in [0.5, 0.6) is 0 Å². The number of fused-ring (bicyclic) bond motifs is 5. The smallest absolute Gasteiger partial charge is 0.303 e. The molecule has 0 unspecified atom stereocenters. The first-order valence-corrected chi connectivity index (χ1v) is 10.7. The van der Waals surface area contributed by atoms with Gasteiger partial charge in [-0.15, -0.1) is 0 Å². The van der Waals surface area contributed by atoms with E-state index in [0.717, 1.165) is 32.1 Å². The van der Waals surface area contributed by atoms with Gasteiger partial charge in [-0.1, -0.05) is 19.4 Å². The monoisotopic (exact) mass is 388 g/mol. The SMILES string of the molecule is CC(=O)OCC(=O)[C@H]1CC[C@@]2(O)[C@@H]3CCC4=CC(=O)CC[C@]4(C)[C@H]3CC[C@]12C. The minimum absolute atomic E-state index is 0.00623. The zero-order chi connectivity index (χ0) is 20.3. The van der Waals surface area contributed by atoms with E-state index in [1.807, 2.05) is 6.08 Å². The van der Waals surface area contributed by atoms with E-state index in [4.69, 9.17) is 4.74 Å². The normalized spacial score (nSPS) is 44.8. The lowest BCUT2D eigenvalue weighted by Gasteiger charge is -2.61. The van der Waals surface area contributed by atoms with Gasteiger partial charge in [0.25, 0.3) is 0 Å². The molecule has 5 heteroatoms. The van der Waals surface area contributed by atoms with Crippen LogP contribution in [-0.4, -0.2) is 34.9 Å². The Labute approximate surface area is 166 Å². The van der Waals surface area contributed by atoms with Crippen LogP contribution in [0.2, 0.25) is 0 Å². The first-order valence-electron chi connectivity index (χ1n) is 10.7. The molecule has 6 atom stereocenters. The summed E-state index contributed by atoms with van der Waals surface area (Å²) < 4.78 is 4.97. The number of ketones is 2. The van der Waals surface area contributed by atoms with Crippen LogP contribution in [0.3, 0.4) is 0 Å². The lowest BCUT2D eigenvalue weighted by Crippen LogP contribution is -2.61. The Hall–Kier alpha value is -1.49. The van der Waals surface area contributed by atoms with Crippen LogP contribution in [0.15, 0.2) is 11.6 Å². The molecular weight excluding hydrogens is 356 g/mol. The van der Waals surface area contributed by atoms with Crippen molar-refractivity contribution in [2.75, 3.05) is 6.61 Å². The van der Waals surface area contributed by atoms with E-state index in [2.05, 4.69) is 13.8 Å². The van der Waals surface area contributed by atoms with Crippen LogP contribution in [0.4, 0.5) is 0 Å². The van der Waals surface area contributed by atoms with Crippen LogP contribution in [0.25, 0.3) is 0 Å². The fraction of sp³-hybridized carbons (Fsp3) is 0.783. The van der Waals surface area contributed by atoms with E-state index in [0.29, 0.717) is 25.2 Å². The molecule has 5 nitrogen and oxygen atoms in total. The van der Waals surface area contributed by atoms with E-state index in [-0.39, 0.29) is 35.4 Å². The number of allylic oxidation sites excluding steroid dienone is 1. The second kappa shape index (κ2) is 6.51. The molecule has 0 heterocycles. The number of hydrogen-bond acceptors (Lipinski definition) is 5. The summed E-state index contributed by atoms with van der Waals surface area (Å²) in [6.45, 7) is 5.48. The summed E-state index contributed by atoms with van der Waals surface area (Å²) in [6, 6.07) is 0. The Morgan fingerprint density at radius 3 is 2.57 bits per heavy atom. The highest BCUT2D eigenvalue weighted by molar-refractivity contribution is 5.91. The van der Waals surface area contributed by atoms with Gasteiger partial charge in [0, 0.05) is 24.7 Å². The zero-order valence-electron chi connectivity index (χ0n) is 17.3. The Bertz CT molecular complexity index is 754. The van der Waals surface area contributed by atoms with Gasteiger partial charge in [0.05, 0.1) is 5.60 Å². The molecule has 4 rings (SSSR count). The molecular formula is C23H32O5. The standard InChI is InChI=1S/C23H32O5/c1-14(24)28-13-20(26)19-8-11-23(27)18-5-4-15-12-16(25)6-9-21(15,2)17(18)7-10-22(19,23)3/h12,17-19,27H,4-11,13H2,1-3H3/t17-,18+,19+,21-,22+,23+/m0/s1. The molecule has 1 N–H and O–H groups in total. The van der Waals surface area contributed by atoms with Crippen molar-refractivity contribution >= 4 is 17.5 Å². The number of ether oxygens (including phenoxy) is 1. The van der Waals surface area contributed by atoms with E-state index in [1.54, 1.807) is 0 Å². The lowest BCUT2D eigenvalue weighted by atomic mass is 9.45. The first kappa shape index (κ1) is 19.8. The molecule has 0 bridgehead atoms. The van der Waals surface area contributed by atoms with Gasteiger partial charge in [0.15, 0.2) is 11.6 Å². The predicted molar refractivity (Wildman–Crippen MR) is 103 cm³/mol. The summed E-state index contributed by atoms with van der Waals surface area (Å²) in [4.78, 5) is 35.9. The molecule has 0 amide bonds. The Morgan fingerprint density at radius 2 is 1.86 bits per heavy atom. The molecule has 0 aliphatic heterocycles. The minimum Gasteiger partial charge on any atom is -0.458 e. The summed E-state index contributed by atoms with van der Waals surface area (Å²) in [7, 11) is 0. The molecule has 0 saturated heterocycles. The molecule has 4 aliphatic carbocycles. The molecule has 0 aromatic heterocycles. The van der Waals surface area contributed by atoms with Crippen molar-refractivity contribution in [1.82, 2.24) is 0 Å². The van der Waals surface area contributed by atoms with E-state index in [9.17, 15) is 19.5 Å². The summed E-state index contributed by atoms with van der Waals surface area (Å²) in [6.07, 6.45) is 8.18. The van der Waals surface area contributed by atoms with Crippen LogP contribution >= 0.6 is 0 Å². The number of carbonyl (C=O) groups excluding carboxylic acids is 3. The summed E-state index contributed by atoms with van der Waals surface area (Å²) in [5, 5.41) is 12.0. The largest absolute Gasteiger partial charge is 0.458 e. The van der Waals surface area contributed by atoms with Gasteiger partial charge < -0.3 is 9.84 Å². The molecule has 0 radical (unpaired) electrons. The number of esters is 1. The Morgan fingerprint density at radius 1 is 1.11 bits per heavy atom. The van der Waals surface area contributed by atoms with Crippen LogP contribution in [-0.2, 0) is 19.1 Å². The summed E-state index contributed by atoms with van der Waals surface area (Å²) in [5.41, 5.74) is -0.0541. The highest BCUT2D eigenvalue weighted by Gasteiger charge is 2.67. The maximum Gasteiger partial charge on any atom is 0.303 e. The zero-order valence-corrected chi connectivity index (χ0v) is 17.3. The minimum atomic E-state index is -0.859. The maximum absolute atomic E-state index is 12.8. The van der Waals surface area contributed by atoms with Gasteiger partial charge in [-0.05, 0) is 68.3 Å². The van der Waals surface area contributed by atoms with Crippen molar-refractivity contribution in [3.8, 4) is 0 Å². The summed E-state index contributed by atoms with van der Waals surface area (Å²) >= 11 is 0. The van der Waals surface area contributed by atoms with Gasteiger partial charge in [0.2, 0.25) is 0 Å². The third kappa shape index (κ3) is 2.65. The van der Waals surface area contributed by atoms with Crippen LogP contribution in [0.1, 0.15) is 72.1 Å². The van der Waals surface area contributed by atoms with Crippen molar-refractivity contribution in [1.29, 1.82) is 0 Å². The fourth-order valence-corrected chi connectivity index (χ4v) is 7.32. The van der Waals surface area contributed by atoms with Gasteiger partial charge in [-0.25, -0.2) is 0 Å². The first-order chi connectivity index (χ1) is 13.1. The number of Topliss-reactive ketones (excluding diaryl/α,β-unsaturated/α-hetero) is 1. The molecule has 4 aliphatic rings. The van der Waals surface area contributed by atoms with Crippen molar-refractivity contribution in [3.05, 3.63) is 11.6 Å². The number of aliphatic hydroxyl groups is 1. The second-order valence-corrected chi connectivity index (χ2v) is 10.0. The molecule has 0 aromatic carbocycles. The molecule has 3 saturated carbocycles. The number of rotatable bonds is 3. The van der Waals surface area contributed by atoms with E-state index < -0.39 is 17.0 Å². The molecule has 28 heavy (non-hydrogen) atoms. The van der Waals surface area contributed by atoms with Crippen molar-refractivity contribution in [3.63, 3.8) is 0 Å². The third-order valence-corrected chi connectivity index (χ3v) is 8.95. The molecule has 0 aromatic rings. The van der Waals surface area contributed by atoms with Gasteiger partial charge in [0.1, 0.15) is 6.61 Å². The van der Waals surface area contributed by atoms with Crippen molar-refractivity contribution in [2.24, 2.45) is 28.6 Å². The lowest BCUT2D eigenvalue weighted by molar-refractivity contribution is -0.186. The highest BCUT2D eigenvalue weighted by Crippen LogP contribution is 2.68. The summed E-state index contributed by atoms with van der Waals surface area (Å²) in [5.74, 6) is 0.00617. The van der Waals surface area contributed by atoms with Crippen molar-refractivity contribution in [2.45, 2.75) is 77.7 Å². The van der Waals surface area contributed by atoms with Gasteiger partial charge in [-0.3, -0.25) is 14.4 Å². The second-order valence-electron chi connectivity index (χ2n) is 10.0. The van der Waals surface area contributed by atoms with E-state index in [1.165, 1.54) is 12.5 Å². The van der Waals surface area contributed by atoms with E-state index >= 15 is 0 Å². The third-order valence-electron chi connectivity index (χ3n) is 8.95. The fourth-order valence-electron chi connectivity index (χ4n) is 7.32. The van der Waals surface area contributed by atoms with Crippen LogP contribution < -0.4 is 0 Å².